The van der Waals surface area contributed by atoms with Crippen LogP contribution in [0.5, 0.6) is 0 Å². The molecule has 3 aromatic rings. The van der Waals surface area contributed by atoms with Crippen LogP contribution in [0.25, 0.3) is 10.9 Å². The summed E-state index contributed by atoms with van der Waals surface area (Å²) in [5.41, 5.74) is 11.0. The molecule has 24 heavy (non-hydrogen) atoms. The van der Waals surface area contributed by atoms with Gasteiger partial charge in [0, 0.05) is 30.2 Å². The molecule has 1 amide bonds. The Morgan fingerprint density at radius 1 is 1.12 bits per heavy atom. The molecule has 1 atom stereocenters. The quantitative estimate of drug-likeness (QED) is 0.779. The molecule has 0 fully saturated rings. The van der Waals surface area contributed by atoms with E-state index in [-0.39, 0.29) is 5.91 Å². The van der Waals surface area contributed by atoms with Gasteiger partial charge in [0.05, 0.1) is 6.04 Å². The maximum Gasteiger partial charge on any atom is 0.240 e. The van der Waals surface area contributed by atoms with Gasteiger partial charge in [0.25, 0.3) is 0 Å². The minimum Gasteiger partial charge on any atom is -0.361 e. The van der Waals surface area contributed by atoms with Crippen molar-refractivity contribution in [3.8, 4) is 0 Å². The van der Waals surface area contributed by atoms with E-state index in [0.29, 0.717) is 13.0 Å². The van der Waals surface area contributed by atoms with Crippen molar-refractivity contribution < 1.29 is 4.79 Å². The van der Waals surface area contributed by atoms with Crippen LogP contribution in [0.4, 0.5) is 0 Å². The number of carbonyl (C=O) groups is 1. The van der Waals surface area contributed by atoms with Gasteiger partial charge in [-0.25, -0.2) is 0 Å². The first-order valence-electron chi connectivity index (χ1n) is 8.38. The van der Waals surface area contributed by atoms with Gasteiger partial charge in [0.15, 0.2) is 0 Å². The molecule has 3 N–H and O–H groups in total. The topological polar surface area (TPSA) is 62.1 Å². The second-order valence-electron chi connectivity index (χ2n) is 6.45. The van der Waals surface area contributed by atoms with Crippen molar-refractivity contribution in [1.29, 1.82) is 0 Å². The Hall–Kier alpha value is -2.59. The Kier molecular flexibility index (Phi) is 3.82. The fourth-order valence-corrected chi connectivity index (χ4v) is 3.54. The molecule has 4 rings (SSSR count). The zero-order valence-electron chi connectivity index (χ0n) is 13.5. The molecular weight excluding hydrogens is 298 g/mol. The number of aromatic amines is 1. The zero-order chi connectivity index (χ0) is 16.5. The molecule has 1 aromatic heterocycles. The molecule has 122 valence electrons. The first kappa shape index (κ1) is 15.0. The molecule has 4 nitrogen and oxygen atoms in total. The van der Waals surface area contributed by atoms with Crippen molar-refractivity contribution in [3.63, 3.8) is 0 Å². The van der Waals surface area contributed by atoms with Gasteiger partial charge in [-0.1, -0.05) is 42.5 Å². The summed E-state index contributed by atoms with van der Waals surface area (Å²) < 4.78 is 0. The highest BCUT2D eigenvalue weighted by Crippen LogP contribution is 2.21. The van der Waals surface area contributed by atoms with Gasteiger partial charge in [0.2, 0.25) is 5.91 Å². The fraction of sp³-hybridized carbons (Fsp3) is 0.250. The molecule has 0 spiro atoms. The molecule has 1 aliphatic rings. The number of hydrogen-bond donors (Lipinski definition) is 2. The molecule has 2 aromatic carbocycles. The van der Waals surface area contributed by atoms with Crippen LogP contribution >= 0.6 is 0 Å². The number of hydrogen-bond acceptors (Lipinski definition) is 2. The van der Waals surface area contributed by atoms with E-state index in [1.807, 2.05) is 35.4 Å². The highest BCUT2D eigenvalue weighted by Gasteiger charge is 2.25. The summed E-state index contributed by atoms with van der Waals surface area (Å²) in [6.07, 6.45) is 3.42. The third-order valence-electron chi connectivity index (χ3n) is 4.87. The summed E-state index contributed by atoms with van der Waals surface area (Å²) in [6, 6.07) is 15.9. The molecule has 0 saturated heterocycles. The van der Waals surface area contributed by atoms with Crippen molar-refractivity contribution >= 4 is 16.8 Å². The zero-order valence-corrected chi connectivity index (χ0v) is 13.5. The molecule has 1 unspecified atom stereocenters. The number of nitrogens with two attached hydrogens (primary N) is 1. The maximum absolute atomic E-state index is 12.8. The van der Waals surface area contributed by atoms with Crippen molar-refractivity contribution in [2.24, 2.45) is 5.73 Å². The number of para-hydroxylation sites is 1. The van der Waals surface area contributed by atoms with E-state index < -0.39 is 6.04 Å². The lowest BCUT2D eigenvalue weighted by molar-refractivity contribution is -0.133. The monoisotopic (exact) mass is 319 g/mol. The Bertz CT molecular complexity index is 883. The fourth-order valence-electron chi connectivity index (χ4n) is 3.54. The van der Waals surface area contributed by atoms with Gasteiger partial charge >= 0.3 is 0 Å². The molecule has 0 radical (unpaired) electrons. The second-order valence-corrected chi connectivity index (χ2v) is 6.45. The molecular formula is C20H21N3O. The number of amides is 1. The van der Waals surface area contributed by atoms with Gasteiger partial charge in [-0.3, -0.25) is 4.79 Å². The van der Waals surface area contributed by atoms with Crippen LogP contribution in [0, 0.1) is 0 Å². The molecule has 4 heteroatoms. The van der Waals surface area contributed by atoms with E-state index in [9.17, 15) is 4.79 Å². The van der Waals surface area contributed by atoms with Crippen LogP contribution < -0.4 is 5.73 Å². The first-order valence-corrected chi connectivity index (χ1v) is 8.38. The number of fused-ring (bicyclic) bond motifs is 2. The van der Waals surface area contributed by atoms with E-state index in [2.05, 4.69) is 29.2 Å². The number of rotatable bonds is 3. The SMILES string of the molecule is NC(Cc1c[nH]c2ccccc12)C(=O)N1CCc2ccccc2C1. The van der Waals surface area contributed by atoms with Crippen LogP contribution in [0.2, 0.25) is 0 Å². The number of benzene rings is 2. The minimum absolute atomic E-state index is 0.0368. The van der Waals surface area contributed by atoms with Crippen LogP contribution in [0.3, 0.4) is 0 Å². The predicted octanol–water partition coefficient (Wildman–Crippen LogP) is 2.62. The van der Waals surface area contributed by atoms with E-state index in [1.54, 1.807) is 0 Å². The summed E-state index contributed by atoms with van der Waals surface area (Å²) in [5.74, 6) is 0.0368. The smallest absolute Gasteiger partial charge is 0.240 e. The molecule has 0 bridgehead atoms. The van der Waals surface area contributed by atoms with E-state index >= 15 is 0 Å². The standard InChI is InChI=1S/C20H21N3O/c21-18(11-16-12-22-19-8-4-3-7-17(16)19)20(24)23-10-9-14-5-1-2-6-15(14)13-23/h1-8,12,18,22H,9-11,13,21H2. The maximum atomic E-state index is 12.8. The minimum atomic E-state index is -0.505. The number of nitrogens with zero attached hydrogens (tertiary/aromatic N) is 1. The average molecular weight is 319 g/mol. The first-order chi connectivity index (χ1) is 11.7. The lowest BCUT2D eigenvalue weighted by Gasteiger charge is -2.30. The average Bonchev–Trinajstić information content (AvgIpc) is 3.03. The van der Waals surface area contributed by atoms with Gasteiger partial charge in [-0.15, -0.1) is 0 Å². The van der Waals surface area contributed by atoms with Crippen LogP contribution in [0.1, 0.15) is 16.7 Å². The Labute approximate surface area is 141 Å². The van der Waals surface area contributed by atoms with Crippen molar-refractivity contribution in [2.45, 2.75) is 25.4 Å². The summed E-state index contributed by atoms with van der Waals surface area (Å²) in [5, 5.41) is 1.14. The summed E-state index contributed by atoms with van der Waals surface area (Å²) >= 11 is 0. The van der Waals surface area contributed by atoms with Crippen LogP contribution in [0.15, 0.2) is 54.7 Å². The highest BCUT2D eigenvalue weighted by atomic mass is 16.2. The molecule has 0 aliphatic carbocycles. The third-order valence-corrected chi connectivity index (χ3v) is 4.87. The summed E-state index contributed by atoms with van der Waals surface area (Å²) in [6.45, 7) is 1.41. The van der Waals surface area contributed by atoms with Crippen LogP contribution in [-0.4, -0.2) is 28.4 Å². The predicted molar refractivity (Wildman–Crippen MR) is 95.5 cm³/mol. The Morgan fingerprint density at radius 2 is 1.88 bits per heavy atom. The Balaban J connectivity index is 1.49. The van der Waals surface area contributed by atoms with Crippen molar-refractivity contribution in [1.82, 2.24) is 9.88 Å². The second kappa shape index (κ2) is 6.13. The van der Waals surface area contributed by atoms with Crippen LogP contribution in [-0.2, 0) is 24.2 Å². The number of H-pyrrole nitrogens is 1. The lowest BCUT2D eigenvalue weighted by Crippen LogP contribution is -2.46. The summed E-state index contributed by atoms with van der Waals surface area (Å²) in [7, 11) is 0. The third kappa shape index (κ3) is 2.69. The Morgan fingerprint density at radius 3 is 2.75 bits per heavy atom. The van der Waals surface area contributed by atoms with Gasteiger partial charge < -0.3 is 15.6 Å². The normalized spacial score (nSPS) is 15.3. The number of carbonyl (C=O) groups excluding carboxylic acids is 1. The van der Waals surface area contributed by atoms with Crippen molar-refractivity contribution in [3.05, 3.63) is 71.4 Å². The van der Waals surface area contributed by atoms with E-state index in [0.717, 1.165) is 29.4 Å². The van der Waals surface area contributed by atoms with Gasteiger partial charge in [0.1, 0.15) is 0 Å². The van der Waals surface area contributed by atoms with E-state index in [4.69, 9.17) is 5.73 Å². The molecule has 1 aliphatic heterocycles. The summed E-state index contributed by atoms with van der Waals surface area (Å²) in [4.78, 5) is 17.9. The van der Waals surface area contributed by atoms with Crippen molar-refractivity contribution in [2.75, 3.05) is 6.54 Å². The highest BCUT2D eigenvalue weighted by molar-refractivity contribution is 5.86. The number of nitrogens with one attached hydrogen (secondary N) is 1. The number of aromatic nitrogens is 1. The lowest BCUT2D eigenvalue weighted by atomic mass is 9.98. The largest absolute Gasteiger partial charge is 0.361 e. The molecule has 2 heterocycles. The van der Waals surface area contributed by atoms with E-state index in [1.165, 1.54) is 11.1 Å². The van der Waals surface area contributed by atoms with Gasteiger partial charge in [-0.2, -0.15) is 0 Å². The molecule has 0 saturated carbocycles. The van der Waals surface area contributed by atoms with Gasteiger partial charge in [-0.05, 0) is 35.6 Å².